The summed E-state index contributed by atoms with van der Waals surface area (Å²) in [5.74, 6) is 3.03. The third-order valence-electron chi connectivity index (χ3n) is 5.38. The second kappa shape index (κ2) is 5.20. The van der Waals surface area contributed by atoms with Gasteiger partial charge < -0.3 is 10.2 Å². The van der Waals surface area contributed by atoms with Gasteiger partial charge in [0.25, 0.3) is 0 Å². The Kier molecular flexibility index (Phi) is 3.60. The minimum Gasteiger partial charge on any atom is -0.344 e. The van der Waals surface area contributed by atoms with Crippen LogP contribution in [0.2, 0.25) is 0 Å². The minimum absolute atomic E-state index is 0.0994. The first-order valence-corrected chi connectivity index (χ1v) is 7.72. The lowest BCUT2D eigenvalue weighted by Crippen LogP contribution is -2.48. The van der Waals surface area contributed by atoms with Gasteiger partial charge in [0.15, 0.2) is 0 Å². The van der Waals surface area contributed by atoms with E-state index in [1.807, 2.05) is 11.9 Å². The Bertz CT molecular complexity index is 312. The van der Waals surface area contributed by atoms with Crippen molar-refractivity contribution in [3.63, 3.8) is 0 Å². The summed E-state index contributed by atoms with van der Waals surface area (Å²) in [6, 6.07) is 0.0994. The van der Waals surface area contributed by atoms with E-state index in [-0.39, 0.29) is 6.04 Å². The van der Waals surface area contributed by atoms with Crippen LogP contribution < -0.4 is 5.32 Å². The third-order valence-corrected chi connectivity index (χ3v) is 5.38. The summed E-state index contributed by atoms with van der Waals surface area (Å²) in [5.41, 5.74) is 0. The summed E-state index contributed by atoms with van der Waals surface area (Å²) in [4.78, 5) is 14.4. The maximum Gasteiger partial charge on any atom is 0.239 e. The first kappa shape index (κ1) is 12.5. The number of hydrogen-bond donors (Lipinski definition) is 1. The van der Waals surface area contributed by atoms with Crippen LogP contribution in [0.1, 0.15) is 44.9 Å². The van der Waals surface area contributed by atoms with Gasteiger partial charge >= 0.3 is 0 Å². The molecule has 1 saturated heterocycles. The molecule has 4 atom stereocenters. The van der Waals surface area contributed by atoms with E-state index in [2.05, 4.69) is 5.32 Å². The summed E-state index contributed by atoms with van der Waals surface area (Å²) in [6.07, 6.45) is 9.13. The Morgan fingerprint density at radius 2 is 2.11 bits per heavy atom. The molecule has 0 aromatic heterocycles. The molecule has 18 heavy (non-hydrogen) atoms. The molecule has 2 bridgehead atoms. The summed E-state index contributed by atoms with van der Waals surface area (Å²) < 4.78 is 0. The average Bonchev–Trinajstić information content (AvgIpc) is 3.01. The molecular weight excluding hydrogens is 224 g/mol. The average molecular weight is 250 g/mol. The number of amides is 1. The molecule has 3 rings (SSSR count). The van der Waals surface area contributed by atoms with Crippen molar-refractivity contribution in [1.29, 1.82) is 0 Å². The van der Waals surface area contributed by atoms with Crippen LogP contribution in [0.15, 0.2) is 0 Å². The molecule has 102 valence electrons. The lowest BCUT2D eigenvalue weighted by molar-refractivity contribution is -0.133. The highest BCUT2D eigenvalue weighted by Gasteiger charge is 2.40. The molecule has 3 fully saturated rings. The second-order valence-electron chi connectivity index (χ2n) is 6.66. The van der Waals surface area contributed by atoms with Crippen LogP contribution in [0.5, 0.6) is 0 Å². The van der Waals surface area contributed by atoms with Gasteiger partial charge in [0, 0.05) is 13.6 Å². The van der Waals surface area contributed by atoms with Crippen LogP contribution in [0, 0.1) is 17.8 Å². The zero-order valence-corrected chi connectivity index (χ0v) is 11.5. The number of fused-ring (bicyclic) bond motifs is 2. The molecule has 0 spiro atoms. The summed E-state index contributed by atoms with van der Waals surface area (Å²) in [7, 11) is 2.00. The van der Waals surface area contributed by atoms with Gasteiger partial charge in [0.1, 0.15) is 0 Å². The first-order chi connectivity index (χ1) is 8.74. The number of rotatable bonds is 3. The molecule has 2 saturated carbocycles. The van der Waals surface area contributed by atoms with Crippen molar-refractivity contribution in [2.24, 2.45) is 17.8 Å². The van der Waals surface area contributed by atoms with Gasteiger partial charge in [-0.1, -0.05) is 12.8 Å². The van der Waals surface area contributed by atoms with Crippen molar-refractivity contribution in [1.82, 2.24) is 10.2 Å². The maximum absolute atomic E-state index is 12.4. The van der Waals surface area contributed by atoms with Gasteiger partial charge in [-0.2, -0.15) is 0 Å². The van der Waals surface area contributed by atoms with Gasteiger partial charge in [-0.25, -0.2) is 0 Å². The number of carbonyl (C=O) groups excluding carboxylic acids is 1. The fourth-order valence-corrected chi connectivity index (χ4v) is 4.37. The highest BCUT2D eigenvalue weighted by molar-refractivity contribution is 5.81. The number of piperidine rings is 1. The zero-order valence-electron chi connectivity index (χ0n) is 11.5. The van der Waals surface area contributed by atoms with Crippen molar-refractivity contribution in [2.45, 2.75) is 51.0 Å². The quantitative estimate of drug-likeness (QED) is 0.831. The number of carbonyl (C=O) groups is 1. The van der Waals surface area contributed by atoms with E-state index in [0.717, 1.165) is 37.3 Å². The van der Waals surface area contributed by atoms with Crippen LogP contribution in [0.4, 0.5) is 0 Å². The van der Waals surface area contributed by atoms with Crippen molar-refractivity contribution >= 4 is 5.91 Å². The number of nitrogens with zero attached hydrogens (tertiary/aromatic N) is 1. The fraction of sp³-hybridized carbons (Fsp3) is 0.933. The summed E-state index contributed by atoms with van der Waals surface area (Å²) >= 11 is 0. The van der Waals surface area contributed by atoms with Gasteiger partial charge in [0.05, 0.1) is 6.04 Å². The molecule has 3 nitrogen and oxygen atoms in total. The molecule has 0 aromatic carbocycles. The minimum atomic E-state index is 0.0994. The summed E-state index contributed by atoms with van der Waals surface area (Å²) in [6.45, 7) is 2.01. The van der Waals surface area contributed by atoms with Crippen molar-refractivity contribution in [2.75, 3.05) is 20.1 Å². The SMILES string of the molecule is CN(CC1CC2CCC1C2)C(=O)C1CCCCN1. The van der Waals surface area contributed by atoms with E-state index in [9.17, 15) is 4.79 Å². The summed E-state index contributed by atoms with van der Waals surface area (Å²) in [5, 5.41) is 3.37. The molecule has 0 radical (unpaired) electrons. The van der Waals surface area contributed by atoms with Crippen LogP contribution in [0.3, 0.4) is 0 Å². The molecule has 4 unspecified atom stereocenters. The van der Waals surface area contributed by atoms with Crippen LogP contribution in [-0.4, -0.2) is 37.0 Å². The van der Waals surface area contributed by atoms with Gasteiger partial charge in [-0.15, -0.1) is 0 Å². The largest absolute Gasteiger partial charge is 0.344 e. The molecule has 2 aliphatic carbocycles. The molecule has 0 aromatic rings. The standard InChI is InChI=1S/C15H26N2O/c1-17(15(18)14-4-2-3-7-16-14)10-13-9-11-5-6-12(13)8-11/h11-14,16H,2-10H2,1H3. The lowest BCUT2D eigenvalue weighted by atomic mass is 9.88. The third kappa shape index (κ3) is 2.42. The molecule has 3 aliphatic rings. The van der Waals surface area contributed by atoms with E-state index >= 15 is 0 Å². The van der Waals surface area contributed by atoms with E-state index < -0.39 is 0 Å². The zero-order chi connectivity index (χ0) is 12.5. The topological polar surface area (TPSA) is 32.3 Å². The number of hydrogen-bond acceptors (Lipinski definition) is 2. The molecular formula is C15H26N2O. The van der Waals surface area contributed by atoms with E-state index in [0.29, 0.717) is 5.91 Å². The van der Waals surface area contributed by atoms with Gasteiger partial charge in [0.2, 0.25) is 5.91 Å². The van der Waals surface area contributed by atoms with Crippen molar-refractivity contribution < 1.29 is 4.79 Å². The highest BCUT2D eigenvalue weighted by Crippen LogP contribution is 2.48. The van der Waals surface area contributed by atoms with E-state index in [4.69, 9.17) is 0 Å². The molecule has 3 heteroatoms. The highest BCUT2D eigenvalue weighted by atomic mass is 16.2. The predicted molar refractivity (Wildman–Crippen MR) is 72.2 cm³/mol. The molecule has 1 aliphatic heterocycles. The molecule has 1 heterocycles. The van der Waals surface area contributed by atoms with Gasteiger partial charge in [-0.3, -0.25) is 4.79 Å². The number of likely N-dealkylation sites (N-methyl/N-ethyl adjacent to an activating group) is 1. The predicted octanol–water partition coefficient (Wildman–Crippen LogP) is 2.02. The lowest BCUT2D eigenvalue weighted by Gasteiger charge is -2.31. The Labute approximate surface area is 110 Å². The Morgan fingerprint density at radius 1 is 1.22 bits per heavy atom. The monoisotopic (exact) mass is 250 g/mol. The van der Waals surface area contributed by atoms with Gasteiger partial charge in [-0.05, 0) is 56.4 Å². The normalized spacial score (nSPS) is 38.9. The van der Waals surface area contributed by atoms with Crippen molar-refractivity contribution in [3.05, 3.63) is 0 Å². The Balaban J connectivity index is 1.51. The maximum atomic E-state index is 12.4. The fourth-order valence-electron chi connectivity index (χ4n) is 4.37. The first-order valence-electron chi connectivity index (χ1n) is 7.72. The molecule has 1 amide bonds. The Hall–Kier alpha value is -0.570. The van der Waals surface area contributed by atoms with Crippen LogP contribution >= 0.6 is 0 Å². The van der Waals surface area contributed by atoms with Crippen LogP contribution in [-0.2, 0) is 4.79 Å². The Morgan fingerprint density at radius 3 is 2.72 bits per heavy atom. The van der Waals surface area contributed by atoms with E-state index in [1.165, 1.54) is 38.5 Å². The van der Waals surface area contributed by atoms with E-state index in [1.54, 1.807) is 0 Å². The second-order valence-corrected chi connectivity index (χ2v) is 6.66. The van der Waals surface area contributed by atoms with Crippen LogP contribution in [0.25, 0.3) is 0 Å². The number of nitrogens with one attached hydrogen (secondary N) is 1. The molecule has 1 N–H and O–H groups in total. The van der Waals surface area contributed by atoms with Crippen molar-refractivity contribution in [3.8, 4) is 0 Å². The smallest absolute Gasteiger partial charge is 0.239 e.